The lowest BCUT2D eigenvalue weighted by Gasteiger charge is -1.99. The van der Waals surface area contributed by atoms with Gasteiger partial charge in [0.1, 0.15) is 0 Å². The Morgan fingerprint density at radius 1 is 1.58 bits per heavy atom. The monoisotopic (exact) mass is 198 g/mol. The number of rotatable bonds is 1. The Morgan fingerprint density at radius 2 is 2.17 bits per heavy atom. The predicted molar refractivity (Wildman–Crippen MR) is 37.8 cm³/mol. The van der Waals surface area contributed by atoms with Gasteiger partial charge >= 0.3 is 6.18 Å². The molecular formula is C6H6ClF3N2. The molecule has 0 atom stereocenters. The van der Waals surface area contributed by atoms with Gasteiger partial charge in [0.25, 0.3) is 0 Å². The summed E-state index contributed by atoms with van der Waals surface area (Å²) in [5, 5.41) is 3.26. The molecule has 0 amide bonds. The quantitative estimate of drug-likeness (QED) is 0.633. The average Bonchev–Trinajstić information content (AvgIpc) is 2.29. The standard InChI is InChI=1S/C6H6ClF3N2/c1-12-4(3-7)2-5(11-12)6(8,9)10/h2H,3H2,1H3. The van der Waals surface area contributed by atoms with Crippen LogP contribution in [0.5, 0.6) is 0 Å². The third kappa shape index (κ3) is 1.72. The van der Waals surface area contributed by atoms with Crippen LogP contribution in [-0.4, -0.2) is 9.78 Å². The van der Waals surface area contributed by atoms with E-state index in [9.17, 15) is 13.2 Å². The first kappa shape index (κ1) is 9.38. The molecule has 1 aromatic heterocycles. The summed E-state index contributed by atoms with van der Waals surface area (Å²) in [7, 11) is 1.42. The van der Waals surface area contributed by atoms with Crippen molar-refractivity contribution < 1.29 is 13.2 Å². The summed E-state index contributed by atoms with van der Waals surface area (Å²) in [6.07, 6.45) is -4.39. The third-order valence-electron chi connectivity index (χ3n) is 1.40. The van der Waals surface area contributed by atoms with Gasteiger partial charge in [0, 0.05) is 7.05 Å². The summed E-state index contributed by atoms with van der Waals surface area (Å²) in [6.45, 7) is 0. The lowest BCUT2D eigenvalue weighted by Crippen LogP contribution is -2.06. The maximum absolute atomic E-state index is 12.0. The van der Waals surface area contributed by atoms with Crippen LogP contribution in [0.15, 0.2) is 6.07 Å². The van der Waals surface area contributed by atoms with Crippen molar-refractivity contribution in [3.8, 4) is 0 Å². The van der Waals surface area contributed by atoms with E-state index in [4.69, 9.17) is 11.6 Å². The molecular weight excluding hydrogens is 193 g/mol. The molecule has 0 spiro atoms. The van der Waals surface area contributed by atoms with Crippen LogP contribution in [0.1, 0.15) is 11.4 Å². The number of halogens is 4. The van der Waals surface area contributed by atoms with Gasteiger partial charge in [-0.05, 0) is 6.07 Å². The van der Waals surface area contributed by atoms with E-state index in [2.05, 4.69) is 5.10 Å². The Morgan fingerprint density at radius 3 is 2.42 bits per heavy atom. The van der Waals surface area contributed by atoms with Crippen molar-refractivity contribution in [3.63, 3.8) is 0 Å². The van der Waals surface area contributed by atoms with E-state index in [1.54, 1.807) is 0 Å². The van der Waals surface area contributed by atoms with Gasteiger partial charge in [0.05, 0.1) is 11.6 Å². The van der Waals surface area contributed by atoms with Crippen LogP contribution < -0.4 is 0 Å². The highest BCUT2D eigenvalue weighted by molar-refractivity contribution is 6.16. The van der Waals surface area contributed by atoms with E-state index >= 15 is 0 Å². The van der Waals surface area contributed by atoms with Gasteiger partial charge in [-0.2, -0.15) is 18.3 Å². The zero-order valence-electron chi connectivity index (χ0n) is 6.19. The average molecular weight is 199 g/mol. The largest absolute Gasteiger partial charge is 0.435 e. The first-order chi connectivity index (χ1) is 5.45. The smallest absolute Gasteiger partial charge is 0.271 e. The van der Waals surface area contributed by atoms with E-state index in [0.29, 0.717) is 5.69 Å². The molecule has 0 bridgehead atoms. The Labute approximate surface area is 71.9 Å². The van der Waals surface area contributed by atoms with Crippen molar-refractivity contribution >= 4 is 11.6 Å². The van der Waals surface area contributed by atoms with Gasteiger partial charge in [0.15, 0.2) is 5.69 Å². The van der Waals surface area contributed by atoms with E-state index < -0.39 is 11.9 Å². The van der Waals surface area contributed by atoms with Gasteiger partial charge in [-0.15, -0.1) is 11.6 Å². The number of aromatic nitrogens is 2. The molecule has 0 unspecified atom stereocenters. The molecule has 0 aliphatic rings. The predicted octanol–water partition coefficient (Wildman–Crippen LogP) is 2.18. The Hall–Kier alpha value is -0.710. The second-order valence-electron chi connectivity index (χ2n) is 2.28. The van der Waals surface area contributed by atoms with Gasteiger partial charge in [-0.1, -0.05) is 0 Å². The van der Waals surface area contributed by atoms with Crippen molar-refractivity contribution in [2.45, 2.75) is 12.1 Å². The molecule has 1 heterocycles. The van der Waals surface area contributed by atoms with Crippen LogP contribution in [0.25, 0.3) is 0 Å². The van der Waals surface area contributed by atoms with Crippen molar-refractivity contribution in [2.75, 3.05) is 0 Å². The van der Waals surface area contributed by atoms with Gasteiger partial charge in [0.2, 0.25) is 0 Å². The summed E-state index contributed by atoms with van der Waals surface area (Å²) < 4.78 is 37.1. The van der Waals surface area contributed by atoms with E-state index in [1.165, 1.54) is 7.05 Å². The van der Waals surface area contributed by atoms with Gasteiger partial charge < -0.3 is 0 Å². The summed E-state index contributed by atoms with van der Waals surface area (Å²) in [5.74, 6) is 0.0274. The molecule has 0 saturated heterocycles. The molecule has 1 rings (SSSR count). The highest BCUT2D eigenvalue weighted by Gasteiger charge is 2.34. The number of alkyl halides is 4. The van der Waals surface area contributed by atoms with Gasteiger partial charge in [-0.25, -0.2) is 0 Å². The van der Waals surface area contributed by atoms with E-state index in [0.717, 1.165) is 10.7 Å². The maximum atomic E-state index is 12.0. The van der Waals surface area contributed by atoms with Crippen molar-refractivity contribution in [3.05, 3.63) is 17.5 Å². The van der Waals surface area contributed by atoms with Crippen LogP contribution in [0.4, 0.5) is 13.2 Å². The zero-order chi connectivity index (χ0) is 9.35. The molecule has 0 N–H and O–H groups in total. The lowest BCUT2D eigenvalue weighted by atomic mass is 10.4. The molecule has 6 heteroatoms. The Balaban J connectivity index is 3.05. The number of hydrogen-bond donors (Lipinski definition) is 0. The zero-order valence-corrected chi connectivity index (χ0v) is 6.95. The molecule has 12 heavy (non-hydrogen) atoms. The van der Waals surface area contributed by atoms with Crippen LogP contribution in [0.2, 0.25) is 0 Å². The second-order valence-corrected chi connectivity index (χ2v) is 2.54. The number of aryl methyl sites for hydroxylation is 1. The molecule has 2 nitrogen and oxygen atoms in total. The number of hydrogen-bond acceptors (Lipinski definition) is 1. The second kappa shape index (κ2) is 2.97. The summed E-state index contributed by atoms with van der Waals surface area (Å²) in [6, 6.07) is 0.938. The minimum atomic E-state index is -4.39. The van der Waals surface area contributed by atoms with E-state index in [-0.39, 0.29) is 5.88 Å². The van der Waals surface area contributed by atoms with Crippen molar-refractivity contribution in [1.29, 1.82) is 0 Å². The van der Waals surface area contributed by atoms with E-state index in [1.807, 2.05) is 0 Å². The van der Waals surface area contributed by atoms with Crippen LogP contribution in [0.3, 0.4) is 0 Å². The Kier molecular flexibility index (Phi) is 2.32. The summed E-state index contributed by atoms with van der Waals surface area (Å²) in [4.78, 5) is 0. The molecule has 0 fully saturated rings. The minimum absolute atomic E-state index is 0.0274. The fourth-order valence-electron chi connectivity index (χ4n) is 0.770. The van der Waals surface area contributed by atoms with Crippen LogP contribution >= 0.6 is 11.6 Å². The molecule has 1 aromatic rings. The Bertz CT molecular complexity index is 279. The molecule has 0 radical (unpaired) electrons. The maximum Gasteiger partial charge on any atom is 0.435 e. The van der Waals surface area contributed by atoms with Crippen molar-refractivity contribution in [2.24, 2.45) is 7.05 Å². The normalized spacial score (nSPS) is 12.1. The molecule has 0 aromatic carbocycles. The highest BCUT2D eigenvalue weighted by Crippen LogP contribution is 2.28. The molecule has 0 aliphatic carbocycles. The van der Waals surface area contributed by atoms with Crippen molar-refractivity contribution in [1.82, 2.24) is 9.78 Å². The minimum Gasteiger partial charge on any atom is -0.271 e. The summed E-state index contributed by atoms with van der Waals surface area (Å²) >= 11 is 5.37. The fraction of sp³-hybridized carbons (Fsp3) is 0.500. The topological polar surface area (TPSA) is 17.8 Å². The van der Waals surface area contributed by atoms with Crippen LogP contribution in [0, 0.1) is 0 Å². The molecule has 0 saturated carbocycles. The first-order valence-electron chi connectivity index (χ1n) is 3.11. The lowest BCUT2D eigenvalue weighted by molar-refractivity contribution is -0.141. The first-order valence-corrected chi connectivity index (χ1v) is 3.64. The van der Waals surface area contributed by atoms with Gasteiger partial charge in [-0.3, -0.25) is 4.68 Å². The molecule has 0 aliphatic heterocycles. The number of nitrogens with zero attached hydrogens (tertiary/aromatic N) is 2. The highest BCUT2D eigenvalue weighted by atomic mass is 35.5. The van der Waals surface area contributed by atoms with Crippen LogP contribution in [-0.2, 0) is 19.1 Å². The SMILES string of the molecule is Cn1nc(C(F)(F)F)cc1CCl. The fourth-order valence-corrected chi connectivity index (χ4v) is 1.02. The third-order valence-corrected chi connectivity index (χ3v) is 1.68. The summed E-state index contributed by atoms with van der Waals surface area (Å²) in [5.41, 5.74) is -0.551. The molecule has 68 valence electrons.